The van der Waals surface area contributed by atoms with E-state index in [1.165, 1.54) is 32.1 Å². The largest absolute Gasteiger partial charge is 0.389 e. The molecule has 2 rings (SSSR count). The second kappa shape index (κ2) is 5.03. The molecule has 0 aliphatic heterocycles. The average Bonchev–Trinajstić information content (AvgIpc) is 3.11. The molecule has 3 heteroatoms. The Bertz CT molecular complexity index is 220. The molecule has 0 radical (unpaired) electrons. The van der Waals surface area contributed by atoms with Crippen molar-refractivity contribution in [2.45, 2.75) is 69.6 Å². The second-order valence-corrected chi connectivity index (χ2v) is 5.76. The Morgan fingerprint density at radius 1 is 1.12 bits per heavy atom. The summed E-state index contributed by atoms with van der Waals surface area (Å²) in [4.78, 5) is 0. The lowest BCUT2D eigenvalue weighted by atomic mass is 9.84. The van der Waals surface area contributed by atoms with E-state index in [0.717, 1.165) is 25.2 Å². The minimum absolute atomic E-state index is 0.133. The maximum absolute atomic E-state index is 9.98. The van der Waals surface area contributed by atoms with Crippen molar-refractivity contribution >= 4 is 0 Å². The van der Waals surface area contributed by atoms with Crippen molar-refractivity contribution in [3.63, 3.8) is 0 Å². The van der Waals surface area contributed by atoms with Crippen LogP contribution < -0.4 is 5.73 Å². The molecule has 0 amide bonds. The second-order valence-electron chi connectivity index (χ2n) is 5.76. The Hall–Kier alpha value is -0.120. The van der Waals surface area contributed by atoms with Crippen molar-refractivity contribution in [3.05, 3.63) is 0 Å². The Kier molecular flexibility index (Phi) is 3.88. The predicted octanol–water partition coefficient (Wildman–Crippen LogP) is 1.77. The average molecular weight is 227 g/mol. The first-order valence-electron chi connectivity index (χ1n) is 6.80. The highest BCUT2D eigenvalue weighted by Crippen LogP contribution is 2.40. The van der Waals surface area contributed by atoms with Gasteiger partial charge in [-0.2, -0.15) is 0 Å². The van der Waals surface area contributed by atoms with Crippen molar-refractivity contribution in [2.75, 3.05) is 0 Å². The molecule has 0 aromatic carbocycles. The van der Waals surface area contributed by atoms with Crippen LogP contribution in [-0.4, -0.2) is 22.0 Å². The van der Waals surface area contributed by atoms with E-state index in [1.807, 2.05) is 0 Å². The lowest BCUT2D eigenvalue weighted by molar-refractivity contribution is -0.0913. The van der Waals surface area contributed by atoms with E-state index in [2.05, 4.69) is 0 Å². The fraction of sp³-hybridized carbons (Fsp3) is 1.00. The summed E-state index contributed by atoms with van der Waals surface area (Å²) in [6.07, 6.45) is 9.48. The van der Waals surface area contributed by atoms with Crippen LogP contribution in [0.2, 0.25) is 0 Å². The summed E-state index contributed by atoms with van der Waals surface area (Å²) < 4.78 is 0. The quantitative estimate of drug-likeness (QED) is 0.627. The van der Waals surface area contributed by atoms with E-state index in [1.54, 1.807) is 0 Å². The summed E-state index contributed by atoms with van der Waals surface area (Å²) in [6, 6.07) is 0. The van der Waals surface area contributed by atoms with Crippen LogP contribution in [0.25, 0.3) is 0 Å². The van der Waals surface area contributed by atoms with Crippen LogP contribution in [0.3, 0.4) is 0 Å². The predicted molar refractivity (Wildman–Crippen MR) is 63.7 cm³/mol. The van der Waals surface area contributed by atoms with Gasteiger partial charge in [0.1, 0.15) is 5.72 Å². The molecule has 0 spiro atoms. The molecule has 0 aromatic heterocycles. The van der Waals surface area contributed by atoms with Gasteiger partial charge in [-0.05, 0) is 31.6 Å². The lowest BCUT2D eigenvalue weighted by Gasteiger charge is -2.30. The van der Waals surface area contributed by atoms with Gasteiger partial charge < -0.3 is 15.9 Å². The summed E-state index contributed by atoms with van der Waals surface area (Å²) in [6.45, 7) is 0. The summed E-state index contributed by atoms with van der Waals surface area (Å²) in [7, 11) is 0. The Morgan fingerprint density at radius 2 is 1.75 bits per heavy atom. The topological polar surface area (TPSA) is 66.5 Å². The van der Waals surface area contributed by atoms with E-state index in [9.17, 15) is 10.2 Å². The lowest BCUT2D eigenvalue weighted by Crippen LogP contribution is -2.53. The number of hydrogen-bond donors (Lipinski definition) is 3. The van der Waals surface area contributed by atoms with Crippen molar-refractivity contribution in [1.29, 1.82) is 0 Å². The molecule has 0 saturated heterocycles. The molecule has 2 saturated carbocycles. The summed E-state index contributed by atoms with van der Waals surface area (Å²) in [5, 5.41) is 19.9. The Morgan fingerprint density at radius 3 is 2.31 bits per heavy atom. The molecule has 3 nitrogen and oxygen atoms in total. The van der Waals surface area contributed by atoms with Gasteiger partial charge in [-0.3, -0.25) is 0 Å². The standard InChI is InChI=1S/C13H25NO2/c14-13(16,11-7-8-11)12(15)9-6-10-4-2-1-3-5-10/h10-12,15-16H,1-9,14H2. The third kappa shape index (κ3) is 2.96. The van der Waals surface area contributed by atoms with Crippen molar-refractivity contribution < 1.29 is 10.2 Å². The number of aliphatic hydroxyl groups excluding tert-OH is 1. The highest BCUT2D eigenvalue weighted by molar-refractivity contribution is 4.95. The van der Waals surface area contributed by atoms with Crippen LogP contribution in [-0.2, 0) is 0 Å². The van der Waals surface area contributed by atoms with Crippen LogP contribution in [0.15, 0.2) is 0 Å². The Labute approximate surface area is 98.0 Å². The van der Waals surface area contributed by atoms with Gasteiger partial charge in [-0.25, -0.2) is 0 Å². The van der Waals surface area contributed by atoms with Gasteiger partial charge >= 0.3 is 0 Å². The molecular weight excluding hydrogens is 202 g/mol. The van der Waals surface area contributed by atoms with Crippen LogP contribution in [0.4, 0.5) is 0 Å². The highest BCUT2D eigenvalue weighted by Gasteiger charge is 2.45. The molecule has 94 valence electrons. The van der Waals surface area contributed by atoms with Gasteiger partial charge in [0.2, 0.25) is 0 Å². The SMILES string of the molecule is NC(O)(C(O)CCC1CCCCC1)C1CC1. The molecule has 2 aliphatic carbocycles. The summed E-state index contributed by atoms with van der Waals surface area (Å²) in [5.41, 5.74) is 4.46. The van der Waals surface area contributed by atoms with Crippen molar-refractivity contribution in [1.82, 2.24) is 0 Å². The van der Waals surface area contributed by atoms with Crippen molar-refractivity contribution in [2.24, 2.45) is 17.6 Å². The molecule has 16 heavy (non-hydrogen) atoms. The van der Waals surface area contributed by atoms with Gasteiger partial charge in [0, 0.05) is 5.92 Å². The van der Waals surface area contributed by atoms with E-state index in [-0.39, 0.29) is 5.92 Å². The molecule has 4 N–H and O–H groups in total. The first kappa shape index (κ1) is 12.3. The van der Waals surface area contributed by atoms with E-state index >= 15 is 0 Å². The van der Waals surface area contributed by atoms with Crippen molar-refractivity contribution in [3.8, 4) is 0 Å². The molecule has 2 unspecified atom stereocenters. The molecule has 0 bridgehead atoms. The van der Waals surface area contributed by atoms with E-state index < -0.39 is 11.8 Å². The van der Waals surface area contributed by atoms with Gasteiger partial charge in [0.15, 0.2) is 0 Å². The number of hydrogen-bond acceptors (Lipinski definition) is 3. The maximum Gasteiger partial charge on any atom is 0.142 e. The fourth-order valence-corrected chi connectivity index (χ4v) is 2.92. The van der Waals surface area contributed by atoms with Crippen LogP contribution in [0.5, 0.6) is 0 Å². The zero-order valence-electron chi connectivity index (χ0n) is 10.1. The first-order valence-corrected chi connectivity index (χ1v) is 6.80. The van der Waals surface area contributed by atoms with Gasteiger partial charge in [-0.15, -0.1) is 0 Å². The third-order valence-corrected chi connectivity index (χ3v) is 4.34. The van der Waals surface area contributed by atoms with Crippen LogP contribution >= 0.6 is 0 Å². The number of nitrogens with two attached hydrogens (primary N) is 1. The van der Waals surface area contributed by atoms with Crippen LogP contribution in [0, 0.1) is 11.8 Å². The molecule has 2 fully saturated rings. The first-order chi connectivity index (χ1) is 7.60. The van der Waals surface area contributed by atoms with E-state index in [0.29, 0.717) is 6.42 Å². The molecule has 0 heterocycles. The Balaban J connectivity index is 1.71. The van der Waals surface area contributed by atoms with Gasteiger partial charge in [0.25, 0.3) is 0 Å². The number of rotatable bonds is 5. The normalized spacial score (nSPS) is 28.7. The van der Waals surface area contributed by atoms with Gasteiger partial charge in [0.05, 0.1) is 6.10 Å². The summed E-state index contributed by atoms with van der Waals surface area (Å²) in [5.74, 6) is 0.882. The molecule has 2 aliphatic rings. The molecule has 0 aromatic rings. The third-order valence-electron chi connectivity index (χ3n) is 4.34. The zero-order chi connectivity index (χ0) is 11.6. The van der Waals surface area contributed by atoms with E-state index in [4.69, 9.17) is 5.73 Å². The van der Waals surface area contributed by atoms with Gasteiger partial charge in [-0.1, -0.05) is 32.1 Å². The number of aliphatic hydroxyl groups is 2. The minimum atomic E-state index is -1.32. The van der Waals surface area contributed by atoms with Crippen LogP contribution in [0.1, 0.15) is 57.8 Å². The fourth-order valence-electron chi connectivity index (χ4n) is 2.92. The zero-order valence-corrected chi connectivity index (χ0v) is 10.1. The molecule has 2 atom stereocenters. The highest BCUT2D eigenvalue weighted by atomic mass is 16.4. The maximum atomic E-state index is 9.98. The molecular formula is C13H25NO2. The summed E-state index contributed by atoms with van der Waals surface area (Å²) >= 11 is 0. The minimum Gasteiger partial charge on any atom is -0.389 e. The monoisotopic (exact) mass is 227 g/mol. The smallest absolute Gasteiger partial charge is 0.142 e.